The van der Waals surface area contributed by atoms with Gasteiger partial charge in [0.15, 0.2) is 9.84 Å². The van der Waals surface area contributed by atoms with Crippen molar-refractivity contribution < 1.29 is 23.1 Å². The average molecular weight is 291 g/mol. The highest BCUT2D eigenvalue weighted by Gasteiger charge is 2.32. The van der Waals surface area contributed by atoms with E-state index in [1.807, 2.05) is 0 Å². The topological polar surface area (TPSA) is 101 Å². The van der Waals surface area contributed by atoms with Gasteiger partial charge >= 0.3 is 5.97 Å². The Hall–Kier alpha value is -1.11. The summed E-state index contributed by atoms with van der Waals surface area (Å²) in [6.07, 6.45) is 4.97. The summed E-state index contributed by atoms with van der Waals surface area (Å²) in [5, 5.41) is 10.7. The molecule has 0 bridgehead atoms. The van der Waals surface area contributed by atoms with Gasteiger partial charge in [0.2, 0.25) is 5.91 Å². The van der Waals surface area contributed by atoms with E-state index in [1.165, 1.54) is 6.92 Å². The molecule has 1 amide bonds. The van der Waals surface area contributed by atoms with Crippen LogP contribution in [0.15, 0.2) is 0 Å². The Morgan fingerprint density at radius 2 is 1.74 bits per heavy atom. The molecular formula is C12H21NO5S. The summed E-state index contributed by atoms with van der Waals surface area (Å²) < 4.78 is 24.4. The lowest BCUT2D eigenvalue weighted by Crippen LogP contribution is -2.46. The zero-order valence-corrected chi connectivity index (χ0v) is 11.9. The summed E-state index contributed by atoms with van der Waals surface area (Å²) in [7, 11) is -3.49. The van der Waals surface area contributed by atoms with E-state index in [2.05, 4.69) is 5.32 Å². The molecule has 0 aromatic rings. The van der Waals surface area contributed by atoms with Gasteiger partial charge < -0.3 is 10.4 Å². The predicted octanol–water partition coefficient (Wildman–Crippen LogP) is 0.713. The molecule has 0 unspecified atom stereocenters. The molecule has 0 aromatic heterocycles. The summed E-state index contributed by atoms with van der Waals surface area (Å²) in [5.41, 5.74) is 0. The number of aliphatic carboxylic acids is 1. The van der Waals surface area contributed by atoms with E-state index in [0.29, 0.717) is 12.8 Å². The van der Waals surface area contributed by atoms with Crippen LogP contribution in [0, 0.1) is 0 Å². The molecule has 1 aliphatic rings. The van der Waals surface area contributed by atoms with Crippen molar-refractivity contribution >= 4 is 21.7 Å². The molecule has 0 radical (unpaired) electrons. The van der Waals surface area contributed by atoms with Gasteiger partial charge in [-0.15, -0.1) is 0 Å². The van der Waals surface area contributed by atoms with Crippen LogP contribution in [0.3, 0.4) is 0 Å². The number of rotatable bonds is 5. The molecular weight excluding hydrogens is 270 g/mol. The summed E-state index contributed by atoms with van der Waals surface area (Å²) in [6.45, 7) is 1.17. The molecule has 0 saturated heterocycles. The minimum atomic E-state index is -3.49. The Balaban J connectivity index is 2.74. The van der Waals surface area contributed by atoms with Crippen LogP contribution in [0.25, 0.3) is 0 Å². The second kappa shape index (κ2) is 6.88. The van der Waals surface area contributed by atoms with Gasteiger partial charge in [-0.25, -0.2) is 13.2 Å². The van der Waals surface area contributed by atoms with E-state index in [4.69, 9.17) is 5.11 Å². The van der Waals surface area contributed by atoms with Gasteiger partial charge in [0.05, 0.1) is 11.0 Å². The number of sulfone groups is 1. The number of hydrogen-bond acceptors (Lipinski definition) is 4. The van der Waals surface area contributed by atoms with Crippen molar-refractivity contribution in [1.29, 1.82) is 0 Å². The third-order valence-electron chi connectivity index (χ3n) is 3.38. The number of hydrogen-bond donors (Lipinski definition) is 2. The lowest BCUT2D eigenvalue weighted by atomic mass is 10.2. The first-order valence-electron chi connectivity index (χ1n) is 6.54. The maximum absolute atomic E-state index is 12.2. The molecule has 0 aromatic carbocycles. The third kappa shape index (κ3) is 5.18. The van der Waals surface area contributed by atoms with Crippen molar-refractivity contribution in [3.8, 4) is 0 Å². The number of carbonyl (C=O) groups is 2. The van der Waals surface area contributed by atoms with Gasteiger partial charge in [-0.2, -0.15) is 0 Å². The SMILES string of the molecule is CC(=O)N[C@@H](CS(=O)(=O)C1CCCCCC1)C(=O)O. The monoisotopic (exact) mass is 291 g/mol. The van der Waals surface area contributed by atoms with E-state index in [0.717, 1.165) is 25.7 Å². The molecule has 0 spiro atoms. The number of carboxylic acids is 1. The molecule has 1 rings (SSSR count). The predicted molar refractivity (Wildman–Crippen MR) is 70.5 cm³/mol. The van der Waals surface area contributed by atoms with Crippen molar-refractivity contribution in [3.05, 3.63) is 0 Å². The first-order chi connectivity index (χ1) is 8.83. The fraction of sp³-hybridized carbons (Fsp3) is 0.833. The molecule has 7 heteroatoms. The number of carboxylic acid groups (broad SMARTS) is 1. The van der Waals surface area contributed by atoms with E-state index < -0.39 is 38.8 Å². The molecule has 1 fully saturated rings. The molecule has 1 atom stereocenters. The Kier molecular flexibility index (Phi) is 5.78. The van der Waals surface area contributed by atoms with Crippen LogP contribution >= 0.6 is 0 Å². The number of carbonyl (C=O) groups excluding carboxylic acids is 1. The average Bonchev–Trinajstić information content (AvgIpc) is 2.55. The number of nitrogens with one attached hydrogen (secondary N) is 1. The van der Waals surface area contributed by atoms with Crippen LogP contribution in [0.5, 0.6) is 0 Å². The van der Waals surface area contributed by atoms with Crippen LogP contribution in [-0.4, -0.2) is 42.4 Å². The van der Waals surface area contributed by atoms with Crippen LogP contribution in [-0.2, 0) is 19.4 Å². The van der Waals surface area contributed by atoms with Gasteiger partial charge in [0, 0.05) is 6.92 Å². The van der Waals surface area contributed by atoms with E-state index in [-0.39, 0.29) is 0 Å². The van der Waals surface area contributed by atoms with Crippen molar-refractivity contribution in [1.82, 2.24) is 5.32 Å². The van der Waals surface area contributed by atoms with Crippen molar-refractivity contribution in [2.45, 2.75) is 56.7 Å². The lowest BCUT2D eigenvalue weighted by Gasteiger charge is -2.19. The second-order valence-corrected chi connectivity index (χ2v) is 7.36. The molecule has 110 valence electrons. The van der Waals surface area contributed by atoms with Gasteiger partial charge in [0.25, 0.3) is 0 Å². The molecule has 1 aliphatic carbocycles. The summed E-state index contributed by atoms with van der Waals surface area (Å²) in [5.74, 6) is -2.37. The minimum absolute atomic E-state index is 0.467. The van der Waals surface area contributed by atoms with E-state index in [9.17, 15) is 18.0 Å². The molecule has 0 heterocycles. The third-order valence-corrected chi connectivity index (χ3v) is 5.67. The first kappa shape index (κ1) is 15.9. The minimum Gasteiger partial charge on any atom is -0.480 e. The zero-order valence-electron chi connectivity index (χ0n) is 11.1. The highest BCUT2D eigenvalue weighted by molar-refractivity contribution is 7.92. The number of amides is 1. The Morgan fingerprint density at radius 3 is 2.16 bits per heavy atom. The summed E-state index contributed by atoms with van der Waals surface area (Å²) in [6, 6.07) is -1.36. The Bertz CT molecular complexity index is 423. The largest absolute Gasteiger partial charge is 0.480 e. The van der Waals surface area contributed by atoms with Gasteiger partial charge in [0.1, 0.15) is 6.04 Å². The van der Waals surface area contributed by atoms with Gasteiger partial charge in [-0.1, -0.05) is 25.7 Å². The maximum Gasteiger partial charge on any atom is 0.327 e. The lowest BCUT2D eigenvalue weighted by molar-refractivity contribution is -0.140. The fourth-order valence-corrected chi connectivity index (χ4v) is 4.40. The van der Waals surface area contributed by atoms with Crippen LogP contribution in [0.2, 0.25) is 0 Å². The van der Waals surface area contributed by atoms with Crippen LogP contribution in [0.4, 0.5) is 0 Å². The summed E-state index contributed by atoms with van der Waals surface area (Å²) in [4.78, 5) is 21.9. The molecule has 0 aliphatic heterocycles. The van der Waals surface area contributed by atoms with Crippen molar-refractivity contribution in [2.75, 3.05) is 5.75 Å². The van der Waals surface area contributed by atoms with Crippen molar-refractivity contribution in [2.24, 2.45) is 0 Å². The van der Waals surface area contributed by atoms with E-state index >= 15 is 0 Å². The Morgan fingerprint density at radius 1 is 1.21 bits per heavy atom. The van der Waals surface area contributed by atoms with Gasteiger partial charge in [-0.3, -0.25) is 4.79 Å². The molecule has 6 nitrogen and oxygen atoms in total. The smallest absolute Gasteiger partial charge is 0.327 e. The molecule has 1 saturated carbocycles. The first-order valence-corrected chi connectivity index (χ1v) is 8.26. The highest BCUT2D eigenvalue weighted by atomic mass is 32.2. The van der Waals surface area contributed by atoms with Crippen LogP contribution in [0.1, 0.15) is 45.4 Å². The normalized spacial score (nSPS) is 19.4. The molecule has 2 N–H and O–H groups in total. The Labute approximate surface area is 113 Å². The van der Waals surface area contributed by atoms with E-state index in [1.54, 1.807) is 0 Å². The van der Waals surface area contributed by atoms with Crippen LogP contribution < -0.4 is 5.32 Å². The standard InChI is InChI=1S/C12H21NO5S/c1-9(14)13-11(12(15)16)8-19(17,18)10-6-4-2-3-5-7-10/h10-11H,2-8H2,1H3,(H,13,14)(H,15,16)/t11-/m0/s1. The summed E-state index contributed by atoms with van der Waals surface area (Å²) >= 11 is 0. The quantitative estimate of drug-likeness (QED) is 0.727. The molecule has 19 heavy (non-hydrogen) atoms. The zero-order chi connectivity index (χ0) is 14.5. The fourth-order valence-electron chi connectivity index (χ4n) is 2.39. The van der Waals surface area contributed by atoms with Gasteiger partial charge in [-0.05, 0) is 12.8 Å². The highest BCUT2D eigenvalue weighted by Crippen LogP contribution is 2.23. The second-order valence-electron chi connectivity index (χ2n) is 5.03. The maximum atomic E-state index is 12.2. The van der Waals surface area contributed by atoms with Crippen molar-refractivity contribution in [3.63, 3.8) is 0 Å².